The number of allylic oxidation sites excluding steroid dienone is 10. The molecule has 1 N–H and O–H groups in total. The van der Waals surface area contributed by atoms with Gasteiger partial charge < -0.3 is 9.84 Å². The Kier molecular flexibility index (Phi) is 31.3. The molecular weight excluding hydrogens is 520 g/mol. The highest BCUT2D eigenvalue weighted by Crippen LogP contribution is 2.17. The fourth-order valence-corrected chi connectivity index (χ4v) is 4.73. The Morgan fingerprint density at radius 2 is 1.00 bits per heavy atom. The molecular formula is C38H64O4. The molecule has 240 valence electrons. The molecule has 0 saturated carbocycles. The average Bonchev–Trinajstić information content (AvgIpc) is 2.97. The number of carbonyl (C=O) groups is 2. The number of unbranched alkanes of at least 4 members (excludes halogenated alkanes) is 11. The van der Waals surface area contributed by atoms with Crippen molar-refractivity contribution in [2.24, 2.45) is 0 Å². The molecule has 1 unspecified atom stereocenters. The summed E-state index contributed by atoms with van der Waals surface area (Å²) < 4.78 is 5.86. The van der Waals surface area contributed by atoms with E-state index in [9.17, 15) is 9.59 Å². The number of carbonyl (C=O) groups excluding carboxylic acids is 1. The zero-order chi connectivity index (χ0) is 30.8. The molecule has 0 radical (unpaired) electrons. The van der Waals surface area contributed by atoms with Crippen LogP contribution in [0.25, 0.3) is 0 Å². The third kappa shape index (κ3) is 32.2. The first-order valence-electron chi connectivity index (χ1n) is 17.3. The van der Waals surface area contributed by atoms with Crippen LogP contribution in [-0.4, -0.2) is 23.1 Å². The highest BCUT2D eigenvalue weighted by atomic mass is 16.5. The first-order valence-corrected chi connectivity index (χ1v) is 17.3. The van der Waals surface area contributed by atoms with E-state index >= 15 is 0 Å². The van der Waals surface area contributed by atoms with Gasteiger partial charge in [-0.1, -0.05) is 139 Å². The van der Waals surface area contributed by atoms with Crippen LogP contribution in [0.5, 0.6) is 0 Å². The van der Waals surface area contributed by atoms with Crippen LogP contribution in [0.1, 0.15) is 162 Å². The molecule has 0 amide bonds. The third-order valence-corrected chi connectivity index (χ3v) is 7.25. The van der Waals surface area contributed by atoms with E-state index < -0.39 is 5.97 Å². The van der Waals surface area contributed by atoms with Crippen LogP contribution in [0.3, 0.4) is 0 Å². The summed E-state index contributed by atoms with van der Waals surface area (Å²) in [5.41, 5.74) is 0. The molecule has 0 aromatic carbocycles. The Morgan fingerprint density at radius 3 is 1.50 bits per heavy atom. The van der Waals surface area contributed by atoms with Crippen LogP contribution in [0.2, 0.25) is 0 Å². The van der Waals surface area contributed by atoms with Gasteiger partial charge in [0.25, 0.3) is 0 Å². The summed E-state index contributed by atoms with van der Waals surface area (Å²) in [6.45, 7) is 4.35. The number of rotatable bonds is 30. The van der Waals surface area contributed by atoms with Crippen molar-refractivity contribution in [1.82, 2.24) is 0 Å². The smallest absolute Gasteiger partial charge is 0.306 e. The minimum atomic E-state index is -0.682. The van der Waals surface area contributed by atoms with Crippen molar-refractivity contribution in [1.29, 1.82) is 0 Å². The summed E-state index contributed by atoms with van der Waals surface area (Å²) >= 11 is 0. The maximum Gasteiger partial charge on any atom is 0.306 e. The van der Waals surface area contributed by atoms with E-state index in [1.165, 1.54) is 38.5 Å². The van der Waals surface area contributed by atoms with Gasteiger partial charge in [0.05, 0.1) is 0 Å². The van der Waals surface area contributed by atoms with Gasteiger partial charge in [-0.05, 0) is 70.6 Å². The molecule has 0 rings (SSSR count). The molecule has 42 heavy (non-hydrogen) atoms. The lowest BCUT2D eigenvalue weighted by molar-refractivity contribution is -0.150. The monoisotopic (exact) mass is 584 g/mol. The molecule has 0 aromatic rings. The van der Waals surface area contributed by atoms with Gasteiger partial charge in [0, 0.05) is 12.8 Å². The average molecular weight is 585 g/mol. The van der Waals surface area contributed by atoms with Crippen LogP contribution < -0.4 is 0 Å². The lowest BCUT2D eigenvalue weighted by atomic mass is 10.0. The molecule has 0 heterocycles. The second-order valence-electron chi connectivity index (χ2n) is 11.3. The molecule has 0 fully saturated rings. The molecule has 4 nitrogen and oxygen atoms in total. The normalized spacial score (nSPS) is 13.0. The topological polar surface area (TPSA) is 63.6 Å². The van der Waals surface area contributed by atoms with E-state index in [-0.39, 0.29) is 12.1 Å². The second kappa shape index (κ2) is 33.1. The number of ether oxygens (including phenoxy) is 1. The van der Waals surface area contributed by atoms with Gasteiger partial charge in [0.2, 0.25) is 0 Å². The lowest BCUT2D eigenvalue weighted by Gasteiger charge is -2.17. The van der Waals surface area contributed by atoms with E-state index in [2.05, 4.69) is 74.6 Å². The maximum absolute atomic E-state index is 12.4. The van der Waals surface area contributed by atoms with Crippen LogP contribution in [0.15, 0.2) is 60.8 Å². The van der Waals surface area contributed by atoms with Crippen molar-refractivity contribution < 1.29 is 19.4 Å². The molecule has 0 bridgehead atoms. The van der Waals surface area contributed by atoms with Crippen LogP contribution >= 0.6 is 0 Å². The summed E-state index contributed by atoms with van der Waals surface area (Å²) in [6, 6.07) is 0. The Morgan fingerprint density at radius 1 is 0.548 bits per heavy atom. The van der Waals surface area contributed by atoms with Crippen LogP contribution in [0.4, 0.5) is 0 Å². The Hall–Kier alpha value is -2.36. The van der Waals surface area contributed by atoms with Gasteiger partial charge in [0.1, 0.15) is 6.10 Å². The molecule has 0 spiro atoms. The number of carboxylic acids is 1. The predicted octanol–water partition coefficient (Wildman–Crippen LogP) is 11.8. The summed E-state index contributed by atoms with van der Waals surface area (Å²) in [6.07, 6.45) is 45.6. The Labute approximate surface area is 259 Å². The zero-order valence-electron chi connectivity index (χ0n) is 27.3. The first kappa shape index (κ1) is 39.6. The van der Waals surface area contributed by atoms with Crippen molar-refractivity contribution in [3.63, 3.8) is 0 Å². The fraction of sp³-hybridized carbons (Fsp3) is 0.684. The van der Waals surface area contributed by atoms with Crippen molar-refractivity contribution in [3.8, 4) is 0 Å². The van der Waals surface area contributed by atoms with Crippen molar-refractivity contribution in [3.05, 3.63) is 60.8 Å². The van der Waals surface area contributed by atoms with Gasteiger partial charge in [-0.3, -0.25) is 9.59 Å². The van der Waals surface area contributed by atoms with Gasteiger partial charge >= 0.3 is 11.9 Å². The fourth-order valence-electron chi connectivity index (χ4n) is 4.73. The van der Waals surface area contributed by atoms with Crippen molar-refractivity contribution in [2.75, 3.05) is 0 Å². The number of hydrogen-bond donors (Lipinski definition) is 1. The number of esters is 1. The first-order chi connectivity index (χ1) is 20.6. The van der Waals surface area contributed by atoms with Gasteiger partial charge in [0.15, 0.2) is 0 Å². The molecule has 0 aliphatic carbocycles. The second-order valence-corrected chi connectivity index (χ2v) is 11.3. The summed E-state index contributed by atoms with van der Waals surface area (Å²) in [5, 5.41) is 8.67. The standard InChI is InChI=1S/C38H64O4/c1-3-5-7-8-9-10-11-12-13-14-15-16-17-22-25-28-31-35-38(41)42-36(32-6-4-2)33-29-26-23-20-18-19-21-24-27-30-34-37(39)40/h5,7,9-10,12-13,15-16,22,25,36H,3-4,6,8,11,14,17-21,23-24,26-35H2,1-2H3,(H,39,40)/b7-5-,10-9-,13-12-,16-15-,25-22-. The van der Waals surface area contributed by atoms with Gasteiger partial charge in [-0.25, -0.2) is 0 Å². The summed E-state index contributed by atoms with van der Waals surface area (Å²) in [5.74, 6) is -0.717. The molecule has 0 aromatic heterocycles. The number of aliphatic carboxylic acids is 1. The Balaban J connectivity index is 3.83. The number of carboxylic acid groups (broad SMARTS) is 1. The van der Waals surface area contributed by atoms with Crippen LogP contribution in [-0.2, 0) is 14.3 Å². The minimum absolute atomic E-state index is 0.0354. The largest absolute Gasteiger partial charge is 0.481 e. The molecule has 0 saturated heterocycles. The van der Waals surface area contributed by atoms with E-state index in [1.807, 2.05) is 0 Å². The molecule has 0 aliphatic heterocycles. The minimum Gasteiger partial charge on any atom is -0.481 e. The quantitative estimate of drug-likeness (QED) is 0.0518. The van der Waals surface area contributed by atoms with Gasteiger partial charge in [-0.2, -0.15) is 0 Å². The summed E-state index contributed by atoms with van der Waals surface area (Å²) in [7, 11) is 0. The third-order valence-electron chi connectivity index (χ3n) is 7.25. The SMILES string of the molecule is CC/C=C\C/C=C\C/C=C\C/C=C\C/C=C\CCCC(=O)OC(CCCC)CCCCCCCCCCCCC(=O)O. The van der Waals surface area contributed by atoms with E-state index in [0.29, 0.717) is 12.8 Å². The summed E-state index contributed by atoms with van der Waals surface area (Å²) in [4.78, 5) is 22.9. The lowest BCUT2D eigenvalue weighted by Crippen LogP contribution is -2.18. The molecule has 4 heteroatoms. The zero-order valence-corrected chi connectivity index (χ0v) is 27.3. The van der Waals surface area contributed by atoms with E-state index in [1.54, 1.807) is 0 Å². The maximum atomic E-state index is 12.4. The van der Waals surface area contributed by atoms with Crippen molar-refractivity contribution >= 4 is 11.9 Å². The van der Waals surface area contributed by atoms with E-state index in [0.717, 1.165) is 96.3 Å². The highest BCUT2D eigenvalue weighted by Gasteiger charge is 2.13. The molecule has 0 aliphatic rings. The van der Waals surface area contributed by atoms with Gasteiger partial charge in [-0.15, -0.1) is 0 Å². The van der Waals surface area contributed by atoms with E-state index in [4.69, 9.17) is 9.84 Å². The highest BCUT2D eigenvalue weighted by molar-refractivity contribution is 5.69. The van der Waals surface area contributed by atoms with Crippen LogP contribution in [0, 0.1) is 0 Å². The Bertz CT molecular complexity index is 759. The molecule has 1 atom stereocenters. The van der Waals surface area contributed by atoms with Crippen molar-refractivity contribution in [2.45, 2.75) is 168 Å². The predicted molar refractivity (Wildman–Crippen MR) is 181 cm³/mol. The number of hydrogen-bond acceptors (Lipinski definition) is 3.